The van der Waals surface area contributed by atoms with Gasteiger partial charge < -0.3 is 0 Å². The number of aryl methyl sites for hydroxylation is 1. The third-order valence-electron chi connectivity index (χ3n) is 3.65. The van der Waals surface area contributed by atoms with Gasteiger partial charge in [0.15, 0.2) is 0 Å². The van der Waals surface area contributed by atoms with E-state index < -0.39 is 11.7 Å². The normalized spacial score (nSPS) is 11.4. The fourth-order valence-corrected chi connectivity index (χ4v) is 2.38. The Kier molecular flexibility index (Phi) is 5.43. The average Bonchev–Trinajstić information content (AvgIpc) is 2.99. The first-order chi connectivity index (χ1) is 11.0. The molecule has 1 heterocycles. The second-order valence-electron chi connectivity index (χ2n) is 5.42. The van der Waals surface area contributed by atoms with Crippen molar-refractivity contribution < 1.29 is 13.2 Å². The van der Waals surface area contributed by atoms with E-state index in [1.54, 1.807) is 10.9 Å². The van der Waals surface area contributed by atoms with Crippen molar-refractivity contribution in [3.8, 4) is 17.2 Å². The third-order valence-corrected chi connectivity index (χ3v) is 3.65. The van der Waals surface area contributed by atoms with Crippen LogP contribution in [-0.2, 0) is 12.7 Å². The molecule has 122 valence electrons. The lowest BCUT2D eigenvalue weighted by molar-refractivity contribution is -0.137. The molecule has 0 aliphatic heterocycles. The van der Waals surface area contributed by atoms with E-state index >= 15 is 0 Å². The second kappa shape index (κ2) is 7.32. The SMILES string of the molecule is CCCCCCn1cc(-c2cc(C(F)(F)F)ccc2C#N)cn1. The summed E-state index contributed by atoms with van der Waals surface area (Å²) >= 11 is 0. The lowest BCUT2D eigenvalue weighted by Crippen LogP contribution is -2.05. The highest BCUT2D eigenvalue weighted by Crippen LogP contribution is 2.33. The van der Waals surface area contributed by atoms with E-state index in [1.165, 1.54) is 12.3 Å². The van der Waals surface area contributed by atoms with Crippen LogP contribution in [0.25, 0.3) is 11.1 Å². The molecule has 0 saturated heterocycles. The van der Waals surface area contributed by atoms with Crippen molar-refractivity contribution in [1.29, 1.82) is 5.26 Å². The smallest absolute Gasteiger partial charge is 0.272 e. The highest BCUT2D eigenvalue weighted by atomic mass is 19.4. The minimum Gasteiger partial charge on any atom is -0.272 e. The lowest BCUT2D eigenvalue weighted by Gasteiger charge is -2.09. The maximum atomic E-state index is 12.9. The molecule has 3 nitrogen and oxygen atoms in total. The summed E-state index contributed by atoms with van der Waals surface area (Å²) in [6.07, 6.45) is 3.14. The van der Waals surface area contributed by atoms with Crippen LogP contribution >= 0.6 is 0 Å². The van der Waals surface area contributed by atoms with Crippen molar-refractivity contribution in [2.45, 2.75) is 45.3 Å². The zero-order chi connectivity index (χ0) is 16.9. The summed E-state index contributed by atoms with van der Waals surface area (Å²) in [5.74, 6) is 0. The van der Waals surface area contributed by atoms with Crippen LogP contribution < -0.4 is 0 Å². The maximum Gasteiger partial charge on any atom is 0.416 e. The van der Waals surface area contributed by atoms with Crippen molar-refractivity contribution in [2.24, 2.45) is 0 Å². The fraction of sp³-hybridized carbons (Fsp3) is 0.412. The first-order valence-electron chi connectivity index (χ1n) is 7.60. The van der Waals surface area contributed by atoms with Gasteiger partial charge in [-0.3, -0.25) is 4.68 Å². The molecule has 6 heteroatoms. The number of rotatable bonds is 6. The van der Waals surface area contributed by atoms with Crippen LogP contribution in [0.2, 0.25) is 0 Å². The minimum absolute atomic E-state index is 0.212. The Balaban J connectivity index is 2.24. The molecule has 0 N–H and O–H groups in total. The Hall–Kier alpha value is -2.29. The molecule has 0 aliphatic carbocycles. The van der Waals surface area contributed by atoms with Crippen LogP contribution in [0.3, 0.4) is 0 Å². The van der Waals surface area contributed by atoms with Gasteiger partial charge in [0.1, 0.15) is 0 Å². The standard InChI is InChI=1S/C17H18F3N3/c1-2-3-4-5-8-23-12-14(11-22-23)16-9-15(17(18,19)20)7-6-13(16)10-21/h6-7,9,11-12H,2-5,8H2,1H3. The van der Waals surface area contributed by atoms with Gasteiger partial charge in [0.25, 0.3) is 0 Å². The molecule has 23 heavy (non-hydrogen) atoms. The Labute approximate surface area is 133 Å². The van der Waals surface area contributed by atoms with E-state index in [-0.39, 0.29) is 11.1 Å². The number of nitrogens with zero attached hydrogens (tertiary/aromatic N) is 3. The van der Waals surface area contributed by atoms with Crippen LogP contribution in [0.15, 0.2) is 30.6 Å². The van der Waals surface area contributed by atoms with Crippen molar-refractivity contribution in [2.75, 3.05) is 0 Å². The van der Waals surface area contributed by atoms with E-state index in [0.29, 0.717) is 5.56 Å². The van der Waals surface area contributed by atoms with E-state index in [0.717, 1.165) is 44.4 Å². The van der Waals surface area contributed by atoms with Gasteiger partial charge >= 0.3 is 6.18 Å². The number of halogens is 3. The van der Waals surface area contributed by atoms with Gasteiger partial charge in [-0.1, -0.05) is 26.2 Å². The summed E-state index contributed by atoms with van der Waals surface area (Å²) in [7, 11) is 0. The van der Waals surface area contributed by atoms with Crippen LogP contribution in [0, 0.1) is 11.3 Å². The van der Waals surface area contributed by atoms with Gasteiger partial charge in [0.2, 0.25) is 0 Å². The average molecular weight is 321 g/mol. The molecular formula is C17H18F3N3. The van der Waals surface area contributed by atoms with Gasteiger partial charge in [-0.15, -0.1) is 0 Å². The van der Waals surface area contributed by atoms with E-state index in [1.807, 2.05) is 6.07 Å². The van der Waals surface area contributed by atoms with Gasteiger partial charge in [0, 0.05) is 23.9 Å². The molecule has 1 aromatic heterocycles. The molecule has 0 bridgehead atoms. The molecule has 2 rings (SSSR count). The predicted molar refractivity (Wildman–Crippen MR) is 81.5 cm³/mol. The molecule has 0 aliphatic rings. The van der Waals surface area contributed by atoms with Gasteiger partial charge in [-0.25, -0.2) is 0 Å². The summed E-state index contributed by atoms with van der Waals surface area (Å²) in [4.78, 5) is 0. The molecule has 0 unspecified atom stereocenters. The molecular weight excluding hydrogens is 303 g/mol. The van der Waals surface area contributed by atoms with Crippen molar-refractivity contribution in [1.82, 2.24) is 9.78 Å². The largest absolute Gasteiger partial charge is 0.416 e. The van der Waals surface area contributed by atoms with Gasteiger partial charge in [0.05, 0.1) is 23.4 Å². The molecule has 0 spiro atoms. The number of unbranched alkanes of at least 4 members (excludes halogenated alkanes) is 3. The van der Waals surface area contributed by atoms with Crippen LogP contribution in [0.4, 0.5) is 13.2 Å². The number of hydrogen-bond donors (Lipinski definition) is 0. The topological polar surface area (TPSA) is 41.6 Å². The molecule has 1 aromatic carbocycles. The molecule has 2 aromatic rings. The summed E-state index contributed by atoms with van der Waals surface area (Å²) in [5, 5.41) is 13.3. The number of benzene rings is 1. The third kappa shape index (κ3) is 4.35. The van der Waals surface area contributed by atoms with E-state index in [2.05, 4.69) is 12.0 Å². The molecule has 0 amide bonds. The number of alkyl halides is 3. The zero-order valence-electron chi connectivity index (χ0n) is 12.9. The molecule has 0 atom stereocenters. The Morgan fingerprint density at radius 3 is 2.65 bits per heavy atom. The number of hydrogen-bond acceptors (Lipinski definition) is 2. The molecule has 0 saturated carbocycles. The van der Waals surface area contributed by atoms with Crippen molar-refractivity contribution >= 4 is 0 Å². The summed E-state index contributed by atoms with van der Waals surface area (Å²) in [6.45, 7) is 2.85. The maximum absolute atomic E-state index is 12.9. The van der Waals surface area contributed by atoms with Crippen molar-refractivity contribution in [3.63, 3.8) is 0 Å². The van der Waals surface area contributed by atoms with E-state index in [4.69, 9.17) is 5.26 Å². The quantitative estimate of drug-likeness (QED) is 0.701. The number of aromatic nitrogens is 2. The highest BCUT2D eigenvalue weighted by molar-refractivity contribution is 5.70. The van der Waals surface area contributed by atoms with Crippen molar-refractivity contribution in [3.05, 3.63) is 41.7 Å². The summed E-state index contributed by atoms with van der Waals surface area (Å²) in [6, 6.07) is 5.08. The van der Waals surface area contributed by atoms with Crippen LogP contribution in [0.1, 0.15) is 43.7 Å². The second-order valence-corrected chi connectivity index (χ2v) is 5.42. The van der Waals surface area contributed by atoms with E-state index in [9.17, 15) is 13.2 Å². The minimum atomic E-state index is -4.43. The monoisotopic (exact) mass is 321 g/mol. The highest BCUT2D eigenvalue weighted by Gasteiger charge is 2.31. The predicted octanol–water partition coefficient (Wildman–Crippen LogP) is 5.02. The first-order valence-corrected chi connectivity index (χ1v) is 7.60. The number of nitriles is 1. The molecule has 0 radical (unpaired) electrons. The Bertz CT molecular complexity index is 696. The molecule has 0 fully saturated rings. The Morgan fingerprint density at radius 2 is 2.00 bits per heavy atom. The summed E-state index contributed by atoms with van der Waals surface area (Å²) < 4.78 is 40.3. The van der Waals surface area contributed by atoms with Crippen LogP contribution in [-0.4, -0.2) is 9.78 Å². The first kappa shape index (κ1) is 17.1. The van der Waals surface area contributed by atoms with Gasteiger partial charge in [-0.2, -0.15) is 23.5 Å². The van der Waals surface area contributed by atoms with Gasteiger partial charge in [-0.05, 0) is 24.6 Å². The fourth-order valence-electron chi connectivity index (χ4n) is 2.38. The Morgan fingerprint density at radius 1 is 1.22 bits per heavy atom. The lowest BCUT2D eigenvalue weighted by atomic mass is 10.00. The summed E-state index contributed by atoms with van der Waals surface area (Å²) in [5.41, 5.74) is 0.246. The van der Waals surface area contributed by atoms with Crippen LogP contribution in [0.5, 0.6) is 0 Å². The zero-order valence-corrected chi connectivity index (χ0v) is 12.9.